The van der Waals surface area contributed by atoms with Crippen LogP contribution in [0.2, 0.25) is 0 Å². The Morgan fingerprint density at radius 2 is 1.93 bits per heavy atom. The maximum absolute atomic E-state index is 13.9. The van der Waals surface area contributed by atoms with Crippen molar-refractivity contribution in [3.63, 3.8) is 0 Å². The van der Waals surface area contributed by atoms with Crippen molar-refractivity contribution in [2.45, 2.75) is 6.18 Å². The van der Waals surface area contributed by atoms with E-state index in [2.05, 4.69) is 20.6 Å². The van der Waals surface area contributed by atoms with Gasteiger partial charge in [-0.2, -0.15) is 13.2 Å². The molecule has 3 N–H and O–H groups in total. The van der Waals surface area contributed by atoms with Crippen LogP contribution in [0.5, 0.6) is 0 Å². The van der Waals surface area contributed by atoms with Crippen molar-refractivity contribution in [2.75, 3.05) is 7.05 Å². The Morgan fingerprint density at radius 3 is 2.60 bits per heavy atom. The van der Waals surface area contributed by atoms with E-state index < -0.39 is 23.6 Å². The van der Waals surface area contributed by atoms with E-state index >= 15 is 0 Å². The molecule has 0 unspecified atom stereocenters. The lowest BCUT2D eigenvalue weighted by molar-refractivity contribution is -0.0584. The monoisotopic (exact) mass is 417 g/mol. The molecule has 1 aromatic carbocycles. The van der Waals surface area contributed by atoms with Gasteiger partial charge in [0.2, 0.25) is 0 Å². The van der Waals surface area contributed by atoms with Gasteiger partial charge < -0.3 is 10.6 Å². The zero-order chi connectivity index (χ0) is 21.9. The summed E-state index contributed by atoms with van der Waals surface area (Å²) in [6.07, 6.45) is -1.48. The third-order valence-electron chi connectivity index (χ3n) is 4.09. The highest BCUT2D eigenvalue weighted by Crippen LogP contribution is 2.24. The summed E-state index contributed by atoms with van der Waals surface area (Å²) >= 11 is 0. The first kappa shape index (κ1) is 20.9. The SMILES string of the molecule is CN/C(=C\C(=N)C(F)(F)F)NC(=O)c1ccc2cc(-c3ncccc3F)cnc2c1. The van der Waals surface area contributed by atoms with Gasteiger partial charge in [-0.1, -0.05) is 6.07 Å². The predicted octanol–water partition coefficient (Wildman–Crippen LogP) is 3.81. The van der Waals surface area contributed by atoms with Crippen molar-refractivity contribution in [1.29, 1.82) is 5.41 Å². The number of halogens is 4. The first-order valence-corrected chi connectivity index (χ1v) is 8.56. The largest absolute Gasteiger partial charge is 0.432 e. The van der Waals surface area contributed by atoms with Crippen molar-refractivity contribution in [3.8, 4) is 11.3 Å². The fourth-order valence-corrected chi connectivity index (χ4v) is 2.58. The smallest absolute Gasteiger partial charge is 0.375 e. The van der Waals surface area contributed by atoms with Crippen LogP contribution >= 0.6 is 0 Å². The maximum atomic E-state index is 13.9. The molecule has 2 heterocycles. The topological polar surface area (TPSA) is 90.8 Å². The molecule has 3 aromatic rings. The summed E-state index contributed by atoms with van der Waals surface area (Å²) in [7, 11) is 1.32. The van der Waals surface area contributed by atoms with Gasteiger partial charge in [0.15, 0.2) is 0 Å². The first-order valence-electron chi connectivity index (χ1n) is 8.56. The second-order valence-electron chi connectivity index (χ2n) is 6.14. The lowest BCUT2D eigenvalue weighted by Gasteiger charge is -2.11. The molecule has 6 nitrogen and oxygen atoms in total. The number of carbonyl (C=O) groups is 1. The molecule has 1 amide bonds. The van der Waals surface area contributed by atoms with Crippen LogP contribution in [0.4, 0.5) is 17.6 Å². The number of nitrogens with zero attached hydrogens (tertiary/aromatic N) is 2. The molecule has 0 saturated carbocycles. The summed E-state index contributed by atoms with van der Waals surface area (Å²) in [5.74, 6) is -1.46. The van der Waals surface area contributed by atoms with Crippen molar-refractivity contribution >= 4 is 22.5 Å². The Bertz CT molecular complexity index is 1160. The highest BCUT2D eigenvalue weighted by atomic mass is 19.4. The van der Waals surface area contributed by atoms with Gasteiger partial charge in [-0.15, -0.1) is 0 Å². The van der Waals surface area contributed by atoms with E-state index in [0.717, 1.165) is 0 Å². The average Bonchev–Trinajstić information content (AvgIpc) is 2.72. The molecule has 154 valence electrons. The van der Waals surface area contributed by atoms with E-state index in [1.165, 1.54) is 43.7 Å². The van der Waals surface area contributed by atoms with E-state index in [4.69, 9.17) is 5.41 Å². The van der Waals surface area contributed by atoms with Crippen molar-refractivity contribution in [3.05, 3.63) is 72.1 Å². The first-order chi connectivity index (χ1) is 14.2. The standard InChI is InChI=1S/C20H15F4N5O/c1-26-17(9-16(25)20(22,23)24)29-19(30)12-5-4-11-7-13(10-28-15(11)8-12)18-14(21)3-2-6-27-18/h2-10,25-26H,1H3,(H,29,30)/b17-9+,25-16?. The number of hydrogen-bond donors (Lipinski definition) is 3. The molecule has 0 fully saturated rings. The minimum atomic E-state index is -4.83. The maximum Gasteiger partial charge on any atom is 0.432 e. The van der Waals surface area contributed by atoms with Gasteiger partial charge in [-0.25, -0.2) is 4.39 Å². The molecule has 3 rings (SSSR count). The van der Waals surface area contributed by atoms with E-state index in [0.29, 0.717) is 22.5 Å². The van der Waals surface area contributed by atoms with Crippen LogP contribution in [0.3, 0.4) is 0 Å². The van der Waals surface area contributed by atoms with Crippen LogP contribution in [-0.2, 0) is 0 Å². The van der Waals surface area contributed by atoms with Crippen molar-refractivity contribution in [1.82, 2.24) is 20.6 Å². The summed E-state index contributed by atoms with van der Waals surface area (Å²) in [4.78, 5) is 20.6. The molecule has 0 aliphatic rings. The van der Waals surface area contributed by atoms with Crippen LogP contribution in [0.25, 0.3) is 22.2 Å². The second-order valence-corrected chi connectivity index (χ2v) is 6.14. The molecule has 0 saturated heterocycles. The van der Waals surface area contributed by atoms with Gasteiger partial charge in [0.05, 0.1) is 5.52 Å². The number of pyridine rings is 2. The summed E-state index contributed by atoms with van der Waals surface area (Å²) in [6.45, 7) is 0. The summed E-state index contributed by atoms with van der Waals surface area (Å²) in [5, 5.41) is 12.3. The van der Waals surface area contributed by atoms with Crippen molar-refractivity contribution < 1.29 is 22.4 Å². The molecule has 2 aromatic heterocycles. The number of nitrogens with one attached hydrogen (secondary N) is 3. The molecule has 0 atom stereocenters. The van der Waals surface area contributed by atoms with Gasteiger partial charge >= 0.3 is 6.18 Å². The number of hydrogen-bond acceptors (Lipinski definition) is 5. The molecular formula is C20H15F4N5O. The Kier molecular flexibility index (Phi) is 5.77. The zero-order valence-electron chi connectivity index (χ0n) is 15.5. The lowest BCUT2D eigenvalue weighted by atomic mass is 10.1. The fourth-order valence-electron chi connectivity index (χ4n) is 2.58. The Labute approximate surface area is 168 Å². The number of aromatic nitrogens is 2. The Morgan fingerprint density at radius 1 is 1.17 bits per heavy atom. The van der Waals surface area contributed by atoms with Crippen LogP contribution in [0.1, 0.15) is 10.4 Å². The molecule has 0 radical (unpaired) electrons. The zero-order valence-corrected chi connectivity index (χ0v) is 15.5. The van der Waals surface area contributed by atoms with Crippen LogP contribution in [0, 0.1) is 11.2 Å². The molecule has 0 spiro atoms. The Balaban J connectivity index is 1.85. The van der Waals surface area contributed by atoms with Gasteiger partial charge in [-0.3, -0.25) is 20.2 Å². The minimum Gasteiger partial charge on any atom is -0.375 e. The number of alkyl halides is 3. The van der Waals surface area contributed by atoms with E-state index in [1.54, 1.807) is 12.1 Å². The summed E-state index contributed by atoms with van der Waals surface area (Å²) in [5.41, 5.74) is -0.428. The quantitative estimate of drug-likeness (QED) is 0.435. The van der Waals surface area contributed by atoms with E-state index in [9.17, 15) is 22.4 Å². The van der Waals surface area contributed by atoms with E-state index in [-0.39, 0.29) is 17.1 Å². The molecule has 0 aliphatic heterocycles. The van der Waals surface area contributed by atoms with Crippen LogP contribution < -0.4 is 10.6 Å². The molecule has 10 heteroatoms. The molecule has 0 bridgehead atoms. The lowest BCUT2D eigenvalue weighted by Crippen LogP contribution is -2.32. The normalized spacial score (nSPS) is 12.0. The number of amides is 1. The summed E-state index contributed by atoms with van der Waals surface area (Å²) < 4.78 is 51.5. The number of carbonyl (C=O) groups excluding carboxylic acids is 1. The van der Waals surface area contributed by atoms with Crippen LogP contribution in [-0.4, -0.2) is 34.8 Å². The van der Waals surface area contributed by atoms with Crippen molar-refractivity contribution in [2.24, 2.45) is 0 Å². The average molecular weight is 417 g/mol. The molecular weight excluding hydrogens is 402 g/mol. The van der Waals surface area contributed by atoms with Gasteiger partial charge in [0, 0.05) is 42.0 Å². The van der Waals surface area contributed by atoms with Gasteiger partial charge in [0.25, 0.3) is 5.91 Å². The highest BCUT2D eigenvalue weighted by molar-refractivity contribution is 6.01. The Hall–Kier alpha value is -3.82. The minimum absolute atomic E-state index is 0.143. The second kappa shape index (κ2) is 8.27. The number of fused-ring (bicyclic) bond motifs is 1. The highest BCUT2D eigenvalue weighted by Gasteiger charge is 2.33. The number of rotatable bonds is 5. The third kappa shape index (κ3) is 4.59. The van der Waals surface area contributed by atoms with Crippen LogP contribution in [0.15, 0.2) is 60.7 Å². The number of benzene rings is 1. The van der Waals surface area contributed by atoms with E-state index in [1.807, 2.05) is 0 Å². The fraction of sp³-hybridized carbons (Fsp3) is 0.100. The van der Waals surface area contributed by atoms with Gasteiger partial charge in [0.1, 0.15) is 23.0 Å². The third-order valence-corrected chi connectivity index (χ3v) is 4.09. The predicted molar refractivity (Wildman–Crippen MR) is 103 cm³/mol. The molecule has 0 aliphatic carbocycles. The summed E-state index contributed by atoms with van der Waals surface area (Å²) in [6, 6.07) is 8.92. The number of allylic oxidation sites excluding steroid dienone is 1. The molecule has 30 heavy (non-hydrogen) atoms. The van der Waals surface area contributed by atoms with Gasteiger partial charge in [-0.05, 0) is 30.3 Å².